The molecule has 0 aliphatic heterocycles. The molecule has 166 valence electrons. The van der Waals surface area contributed by atoms with Crippen molar-refractivity contribution in [1.82, 2.24) is 9.61 Å². The summed E-state index contributed by atoms with van der Waals surface area (Å²) < 4.78 is 13.1. The quantitative estimate of drug-likeness (QED) is 0.100. The molecule has 5 aromatic rings. The van der Waals surface area contributed by atoms with Crippen LogP contribution in [0.1, 0.15) is 5.56 Å². The number of aromatic nitrogens is 2. The number of hydrogen-bond acceptors (Lipinski definition) is 5. The molecule has 2 heterocycles. The summed E-state index contributed by atoms with van der Waals surface area (Å²) >= 11 is 14.2. The number of fused-ring (bicyclic) bond motifs is 3. The van der Waals surface area contributed by atoms with Crippen molar-refractivity contribution < 1.29 is 14.0 Å². The van der Waals surface area contributed by atoms with Gasteiger partial charge in [-0.1, -0.05) is 83.9 Å². The molecule has 0 atom stereocenters. The van der Waals surface area contributed by atoms with Crippen LogP contribution in [0.2, 0.25) is 10.2 Å². The van der Waals surface area contributed by atoms with Gasteiger partial charge in [-0.15, -0.1) is 0 Å². The first-order valence-electron chi connectivity index (χ1n) is 10.1. The van der Waals surface area contributed by atoms with Crippen molar-refractivity contribution in [1.29, 1.82) is 0 Å². The van der Waals surface area contributed by atoms with Gasteiger partial charge >= 0.3 is 0 Å². The highest BCUT2D eigenvalue weighted by atomic mass is 35.5. The lowest BCUT2D eigenvalue weighted by molar-refractivity contribution is -0.160. The largest absolute Gasteiger partial charge is 0.485 e. The summed E-state index contributed by atoms with van der Waals surface area (Å²) in [6.45, 7) is 0.373. The zero-order valence-electron chi connectivity index (χ0n) is 17.5. The standard InChI is InChI=1S/C25H18Cl2N2O3S/c1-30-32-33-21-14-28-29-23(21)22-19(17-9-5-10-18(26)13-17)11-6-12-20(22)24(25(29)27)31-15-16-7-3-2-4-8-16/h2-14H,15H2,1H3. The Kier molecular flexibility index (Phi) is 6.44. The Morgan fingerprint density at radius 3 is 2.58 bits per heavy atom. The third-order valence-corrected chi connectivity index (χ3v) is 6.46. The summed E-state index contributed by atoms with van der Waals surface area (Å²) in [5.74, 6) is 0.555. The number of benzene rings is 3. The van der Waals surface area contributed by atoms with Gasteiger partial charge in [0.15, 0.2) is 10.9 Å². The minimum Gasteiger partial charge on any atom is -0.485 e. The number of halogens is 2. The molecule has 0 unspecified atom stereocenters. The van der Waals surface area contributed by atoms with Crippen molar-refractivity contribution in [2.45, 2.75) is 11.5 Å². The maximum Gasteiger partial charge on any atom is 0.173 e. The van der Waals surface area contributed by atoms with Gasteiger partial charge in [-0.2, -0.15) is 9.43 Å². The van der Waals surface area contributed by atoms with Gasteiger partial charge in [0.05, 0.1) is 35.8 Å². The highest BCUT2D eigenvalue weighted by Crippen LogP contribution is 2.44. The molecule has 0 bridgehead atoms. The number of pyridine rings is 1. The molecule has 33 heavy (non-hydrogen) atoms. The van der Waals surface area contributed by atoms with E-state index in [1.165, 1.54) is 7.11 Å². The lowest BCUT2D eigenvalue weighted by Crippen LogP contribution is -2.01. The fourth-order valence-corrected chi connectivity index (χ4v) is 4.78. The first-order valence-corrected chi connectivity index (χ1v) is 11.6. The molecule has 0 fully saturated rings. The van der Waals surface area contributed by atoms with Crippen LogP contribution < -0.4 is 4.74 Å². The Labute approximate surface area is 204 Å². The predicted octanol–water partition coefficient (Wildman–Crippen LogP) is 7.63. The first-order chi connectivity index (χ1) is 16.2. The third-order valence-electron chi connectivity index (χ3n) is 5.21. The van der Waals surface area contributed by atoms with Gasteiger partial charge in [0.25, 0.3) is 0 Å². The Morgan fingerprint density at radius 2 is 1.79 bits per heavy atom. The molecule has 0 amide bonds. The van der Waals surface area contributed by atoms with Crippen molar-refractivity contribution in [2.75, 3.05) is 7.11 Å². The Bertz CT molecular complexity index is 1440. The Morgan fingerprint density at radius 1 is 0.970 bits per heavy atom. The van der Waals surface area contributed by atoms with E-state index in [1.54, 1.807) is 10.7 Å². The summed E-state index contributed by atoms with van der Waals surface area (Å²) in [7, 11) is 1.46. The van der Waals surface area contributed by atoms with Gasteiger partial charge in [-0.25, -0.2) is 9.40 Å². The molecule has 0 radical (unpaired) electrons. The van der Waals surface area contributed by atoms with Crippen LogP contribution in [-0.4, -0.2) is 16.7 Å². The SMILES string of the molecule is COOSc1cnn2c(Cl)c(OCc3ccccc3)c3cccc(-c4cccc(Cl)c4)c3c12. The van der Waals surface area contributed by atoms with Gasteiger partial charge in [-0.3, -0.25) is 0 Å². The fourth-order valence-electron chi connectivity index (χ4n) is 3.81. The molecule has 3 aromatic carbocycles. The second-order valence-corrected chi connectivity index (χ2v) is 8.76. The van der Waals surface area contributed by atoms with E-state index >= 15 is 0 Å². The average Bonchev–Trinajstić information content (AvgIpc) is 3.27. The topological polar surface area (TPSA) is 45.0 Å². The van der Waals surface area contributed by atoms with E-state index in [0.29, 0.717) is 22.5 Å². The predicted molar refractivity (Wildman–Crippen MR) is 133 cm³/mol. The number of ether oxygens (including phenoxy) is 1. The van der Waals surface area contributed by atoms with E-state index in [1.807, 2.05) is 72.8 Å². The second-order valence-electron chi connectivity index (χ2n) is 7.22. The van der Waals surface area contributed by atoms with Crippen LogP contribution >= 0.6 is 35.2 Å². The highest BCUT2D eigenvalue weighted by Gasteiger charge is 2.22. The normalized spacial score (nSPS) is 11.4. The summed E-state index contributed by atoms with van der Waals surface area (Å²) in [6.07, 6.45) is 1.69. The summed E-state index contributed by atoms with van der Waals surface area (Å²) in [4.78, 5) is 5.56. The maximum absolute atomic E-state index is 6.83. The van der Waals surface area contributed by atoms with Gasteiger partial charge in [0.1, 0.15) is 6.61 Å². The van der Waals surface area contributed by atoms with E-state index in [2.05, 4.69) is 5.10 Å². The van der Waals surface area contributed by atoms with Crippen LogP contribution in [0.5, 0.6) is 5.75 Å². The zero-order valence-corrected chi connectivity index (χ0v) is 19.8. The van der Waals surface area contributed by atoms with Crippen LogP contribution in [-0.2, 0) is 15.8 Å². The molecule has 5 rings (SSSR count). The first kappa shape index (κ1) is 22.1. The lowest BCUT2D eigenvalue weighted by atomic mass is 9.98. The van der Waals surface area contributed by atoms with Crippen molar-refractivity contribution in [3.8, 4) is 16.9 Å². The molecule has 0 saturated carbocycles. The van der Waals surface area contributed by atoms with Crippen LogP contribution in [0.4, 0.5) is 0 Å². The number of nitrogens with zero attached hydrogens (tertiary/aromatic N) is 2. The smallest absolute Gasteiger partial charge is 0.173 e. The molecule has 5 nitrogen and oxygen atoms in total. The molecular weight excluding hydrogens is 479 g/mol. The molecule has 0 N–H and O–H groups in total. The number of rotatable bonds is 7. The number of hydrogen-bond donors (Lipinski definition) is 0. The summed E-state index contributed by atoms with van der Waals surface area (Å²) in [5.41, 5.74) is 3.77. The van der Waals surface area contributed by atoms with Crippen molar-refractivity contribution in [3.63, 3.8) is 0 Å². The van der Waals surface area contributed by atoms with Gasteiger partial charge < -0.3 is 4.74 Å². The Hall–Kier alpha value is -2.74. The van der Waals surface area contributed by atoms with Crippen molar-refractivity contribution in [2.24, 2.45) is 0 Å². The van der Waals surface area contributed by atoms with E-state index in [0.717, 1.165) is 49.9 Å². The molecule has 0 aliphatic carbocycles. The minimum atomic E-state index is 0.373. The van der Waals surface area contributed by atoms with Crippen LogP contribution in [0.25, 0.3) is 27.4 Å². The monoisotopic (exact) mass is 496 g/mol. The third kappa shape index (κ3) is 4.28. The average molecular weight is 497 g/mol. The van der Waals surface area contributed by atoms with Crippen LogP contribution in [0, 0.1) is 0 Å². The van der Waals surface area contributed by atoms with Gasteiger partial charge in [0.2, 0.25) is 0 Å². The van der Waals surface area contributed by atoms with Crippen molar-refractivity contribution in [3.05, 3.63) is 94.7 Å². The molecule has 0 spiro atoms. The summed E-state index contributed by atoms with van der Waals surface area (Å²) in [6, 6.07) is 23.7. The second kappa shape index (κ2) is 9.63. The van der Waals surface area contributed by atoms with Gasteiger partial charge in [-0.05, 0) is 28.8 Å². The highest BCUT2D eigenvalue weighted by molar-refractivity contribution is 7.94. The minimum absolute atomic E-state index is 0.373. The molecule has 0 saturated heterocycles. The van der Waals surface area contributed by atoms with E-state index in [-0.39, 0.29) is 0 Å². The molecule has 2 aromatic heterocycles. The van der Waals surface area contributed by atoms with Gasteiger partial charge in [0, 0.05) is 15.8 Å². The van der Waals surface area contributed by atoms with E-state index < -0.39 is 0 Å². The molecule has 0 aliphatic rings. The fraction of sp³-hybridized carbons (Fsp3) is 0.0800. The lowest BCUT2D eigenvalue weighted by Gasteiger charge is -2.16. The summed E-state index contributed by atoms with van der Waals surface area (Å²) in [5, 5.41) is 7.33. The van der Waals surface area contributed by atoms with Crippen molar-refractivity contribution >= 4 is 51.5 Å². The maximum atomic E-state index is 6.83. The molecular formula is C25H18Cl2N2O3S. The molecule has 8 heteroatoms. The zero-order chi connectivity index (χ0) is 22.8. The van der Waals surface area contributed by atoms with E-state index in [4.69, 9.17) is 37.2 Å². The van der Waals surface area contributed by atoms with Crippen LogP contribution in [0.3, 0.4) is 0 Å². The van der Waals surface area contributed by atoms with Crippen LogP contribution in [0.15, 0.2) is 83.9 Å². The Balaban J connectivity index is 1.77. The van der Waals surface area contributed by atoms with E-state index in [9.17, 15) is 0 Å².